The van der Waals surface area contributed by atoms with Gasteiger partial charge in [0.05, 0.1) is 10.9 Å². The van der Waals surface area contributed by atoms with Crippen LogP contribution in [0.5, 0.6) is 0 Å². The molecule has 1 aliphatic rings. The van der Waals surface area contributed by atoms with Gasteiger partial charge in [0.2, 0.25) is 0 Å². The molecule has 3 rings (SSSR count). The van der Waals surface area contributed by atoms with Crippen LogP contribution in [0, 0.1) is 17.7 Å². The van der Waals surface area contributed by atoms with Gasteiger partial charge in [-0.25, -0.2) is 9.37 Å². The van der Waals surface area contributed by atoms with Crippen LogP contribution in [0.25, 0.3) is 11.0 Å². The lowest BCUT2D eigenvalue weighted by Gasteiger charge is -2.34. The van der Waals surface area contributed by atoms with Crippen molar-refractivity contribution in [3.05, 3.63) is 29.8 Å². The summed E-state index contributed by atoms with van der Waals surface area (Å²) in [7, 11) is 0. The summed E-state index contributed by atoms with van der Waals surface area (Å²) < 4.78 is 16.2. The summed E-state index contributed by atoms with van der Waals surface area (Å²) in [6.07, 6.45) is 3.43. The summed E-state index contributed by atoms with van der Waals surface area (Å²) >= 11 is 6.31. The third-order valence-electron chi connectivity index (χ3n) is 4.99. The standard InChI is InChI=1S/C17H22ClFN2/c1-10-7-8-13(9-11(10)2)21-15-6-4-5-14(19)16(15)20-17(21)12(3)18/h4-6,10-13H,7-9H2,1-3H3. The van der Waals surface area contributed by atoms with Gasteiger partial charge in [0.1, 0.15) is 11.3 Å². The number of para-hydroxylation sites is 1. The third kappa shape index (κ3) is 2.57. The Morgan fingerprint density at radius 1 is 1.29 bits per heavy atom. The number of hydrogen-bond acceptors (Lipinski definition) is 1. The molecule has 21 heavy (non-hydrogen) atoms. The second-order valence-corrected chi connectivity index (χ2v) is 7.14. The molecule has 0 spiro atoms. The summed E-state index contributed by atoms with van der Waals surface area (Å²) in [6.45, 7) is 6.53. The fourth-order valence-corrected chi connectivity index (χ4v) is 3.67. The number of hydrogen-bond donors (Lipinski definition) is 0. The lowest BCUT2D eigenvalue weighted by atomic mass is 9.79. The number of halogens is 2. The second-order valence-electron chi connectivity index (χ2n) is 6.49. The van der Waals surface area contributed by atoms with Crippen molar-refractivity contribution < 1.29 is 4.39 Å². The highest BCUT2D eigenvalue weighted by Crippen LogP contribution is 2.40. The van der Waals surface area contributed by atoms with E-state index in [0.717, 1.165) is 30.1 Å². The Balaban J connectivity index is 2.12. The van der Waals surface area contributed by atoms with E-state index in [0.29, 0.717) is 17.5 Å². The number of benzene rings is 1. The molecule has 0 bridgehead atoms. The Kier molecular flexibility index (Phi) is 3.96. The first-order chi connectivity index (χ1) is 9.99. The maximum atomic E-state index is 14.0. The lowest BCUT2D eigenvalue weighted by Crippen LogP contribution is -2.24. The Labute approximate surface area is 130 Å². The van der Waals surface area contributed by atoms with Crippen LogP contribution in [0.15, 0.2) is 18.2 Å². The zero-order valence-electron chi connectivity index (χ0n) is 12.8. The molecule has 0 radical (unpaired) electrons. The topological polar surface area (TPSA) is 17.8 Å². The van der Waals surface area contributed by atoms with E-state index in [1.54, 1.807) is 6.07 Å². The van der Waals surface area contributed by atoms with Gasteiger partial charge in [-0.3, -0.25) is 0 Å². The normalized spacial score (nSPS) is 28.0. The highest BCUT2D eigenvalue weighted by molar-refractivity contribution is 6.20. The Bertz CT molecular complexity index is 650. The van der Waals surface area contributed by atoms with E-state index in [9.17, 15) is 4.39 Å². The summed E-state index contributed by atoms with van der Waals surface area (Å²) in [5.74, 6) is 1.96. The smallest absolute Gasteiger partial charge is 0.151 e. The summed E-state index contributed by atoms with van der Waals surface area (Å²) in [5, 5.41) is -0.216. The fourth-order valence-electron chi connectivity index (χ4n) is 3.52. The molecule has 1 aliphatic carbocycles. The van der Waals surface area contributed by atoms with Gasteiger partial charge >= 0.3 is 0 Å². The largest absolute Gasteiger partial charge is 0.324 e. The maximum absolute atomic E-state index is 14.0. The highest BCUT2D eigenvalue weighted by Gasteiger charge is 2.29. The minimum absolute atomic E-state index is 0.216. The maximum Gasteiger partial charge on any atom is 0.151 e. The zero-order chi connectivity index (χ0) is 15.1. The van der Waals surface area contributed by atoms with E-state index in [2.05, 4.69) is 23.4 Å². The van der Waals surface area contributed by atoms with Crippen LogP contribution >= 0.6 is 11.6 Å². The van der Waals surface area contributed by atoms with Gasteiger partial charge in [0.15, 0.2) is 5.82 Å². The first kappa shape index (κ1) is 14.8. The molecule has 0 aliphatic heterocycles. The first-order valence-electron chi connectivity index (χ1n) is 7.79. The number of aromatic nitrogens is 2. The van der Waals surface area contributed by atoms with Crippen molar-refractivity contribution in [1.82, 2.24) is 9.55 Å². The van der Waals surface area contributed by atoms with Gasteiger partial charge in [0, 0.05) is 6.04 Å². The SMILES string of the molecule is CC(Cl)c1nc2c(F)cccc2n1C1CCC(C)C(C)C1. The number of fused-ring (bicyclic) bond motifs is 1. The van der Waals surface area contributed by atoms with Crippen molar-refractivity contribution in [3.63, 3.8) is 0 Å². The molecule has 4 atom stereocenters. The summed E-state index contributed by atoms with van der Waals surface area (Å²) in [4.78, 5) is 4.49. The summed E-state index contributed by atoms with van der Waals surface area (Å²) in [5.41, 5.74) is 1.33. The van der Waals surface area contributed by atoms with Crippen LogP contribution in [0.2, 0.25) is 0 Å². The molecule has 1 aromatic heterocycles. The van der Waals surface area contributed by atoms with E-state index >= 15 is 0 Å². The van der Waals surface area contributed by atoms with E-state index in [1.165, 1.54) is 12.5 Å². The number of rotatable bonds is 2. The highest BCUT2D eigenvalue weighted by atomic mass is 35.5. The van der Waals surface area contributed by atoms with E-state index in [-0.39, 0.29) is 11.2 Å². The van der Waals surface area contributed by atoms with Gasteiger partial charge in [-0.1, -0.05) is 19.9 Å². The van der Waals surface area contributed by atoms with Crippen LogP contribution in [-0.4, -0.2) is 9.55 Å². The van der Waals surface area contributed by atoms with Crippen molar-refractivity contribution >= 4 is 22.6 Å². The van der Waals surface area contributed by atoms with Crippen LogP contribution in [0.3, 0.4) is 0 Å². The number of alkyl halides is 1. The molecular weight excluding hydrogens is 287 g/mol. The second kappa shape index (κ2) is 5.60. The Morgan fingerprint density at radius 2 is 2.05 bits per heavy atom. The van der Waals surface area contributed by atoms with Crippen LogP contribution in [0.1, 0.15) is 57.3 Å². The van der Waals surface area contributed by atoms with Crippen molar-refractivity contribution in [3.8, 4) is 0 Å². The third-order valence-corrected chi connectivity index (χ3v) is 5.18. The first-order valence-corrected chi connectivity index (χ1v) is 8.23. The molecule has 1 saturated carbocycles. The lowest BCUT2D eigenvalue weighted by molar-refractivity contribution is 0.211. The van der Waals surface area contributed by atoms with E-state index in [4.69, 9.17) is 11.6 Å². The van der Waals surface area contributed by atoms with Crippen molar-refractivity contribution in [2.24, 2.45) is 11.8 Å². The van der Waals surface area contributed by atoms with Crippen molar-refractivity contribution in [1.29, 1.82) is 0 Å². The average Bonchev–Trinajstić information content (AvgIpc) is 2.83. The predicted octanol–water partition coefficient (Wildman–Crippen LogP) is 5.47. The molecule has 1 heterocycles. The zero-order valence-corrected chi connectivity index (χ0v) is 13.6. The van der Waals surface area contributed by atoms with Crippen molar-refractivity contribution in [2.75, 3.05) is 0 Å². The molecule has 0 N–H and O–H groups in total. The summed E-state index contributed by atoms with van der Waals surface area (Å²) in [6, 6.07) is 5.55. The molecule has 4 unspecified atom stereocenters. The average molecular weight is 309 g/mol. The molecule has 114 valence electrons. The van der Waals surface area contributed by atoms with Gasteiger partial charge in [0.25, 0.3) is 0 Å². The minimum Gasteiger partial charge on any atom is -0.324 e. The number of nitrogens with zero attached hydrogens (tertiary/aromatic N) is 2. The van der Waals surface area contributed by atoms with Crippen LogP contribution < -0.4 is 0 Å². The fraction of sp³-hybridized carbons (Fsp3) is 0.588. The quantitative estimate of drug-likeness (QED) is 0.672. The van der Waals surface area contributed by atoms with Gasteiger partial charge < -0.3 is 4.57 Å². The van der Waals surface area contributed by atoms with Gasteiger partial charge in [-0.15, -0.1) is 11.6 Å². The van der Waals surface area contributed by atoms with Crippen LogP contribution in [-0.2, 0) is 0 Å². The van der Waals surface area contributed by atoms with E-state index < -0.39 is 0 Å². The van der Waals surface area contributed by atoms with Gasteiger partial charge in [-0.2, -0.15) is 0 Å². The Morgan fingerprint density at radius 3 is 2.71 bits per heavy atom. The molecule has 0 amide bonds. The van der Waals surface area contributed by atoms with Crippen LogP contribution in [0.4, 0.5) is 4.39 Å². The molecule has 1 aromatic carbocycles. The molecule has 4 heteroatoms. The minimum atomic E-state index is -0.262. The number of imidazole rings is 1. The molecule has 0 saturated heterocycles. The Hall–Kier alpha value is -1.09. The van der Waals surface area contributed by atoms with Gasteiger partial charge in [-0.05, 0) is 50.2 Å². The predicted molar refractivity (Wildman–Crippen MR) is 85.2 cm³/mol. The van der Waals surface area contributed by atoms with E-state index in [1.807, 2.05) is 13.0 Å². The molecule has 2 aromatic rings. The monoisotopic (exact) mass is 308 g/mol. The molecule has 2 nitrogen and oxygen atoms in total. The molecular formula is C17H22ClFN2. The molecule has 1 fully saturated rings. The van der Waals surface area contributed by atoms with Crippen molar-refractivity contribution in [2.45, 2.75) is 51.5 Å².